The van der Waals surface area contributed by atoms with Crippen molar-refractivity contribution < 1.29 is 14.0 Å². The summed E-state index contributed by atoms with van der Waals surface area (Å²) in [6.45, 7) is 4.07. The monoisotopic (exact) mass is 286 g/mol. The lowest BCUT2D eigenvalue weighted by atomic mass is 10.0. The molecule has 2 N–H and O–H groups in total. The van der Waals surface area contributed by atoms with Gasteiger partial charge in [-0.05, 0) is 35.7 Å². The third-order valence-electron chi connectivity index (χ3n) is 2.99. The van der Waals surface area contributed by atoms with E-state index in [1.165, 1.54) is 6.26 Å². The van der Waals surface area contributed by atoms with E-state index in [4.69, 9.17) is 4.42 Å². The van der Waals surface area contributed by atoms with Gasteiger partial charge in [-0.25, -0.2) is 0 Å². The molecule has 0 saturated heterocycles. The van der Waals surface area contributed by atoms with Gasteiger partial charge in [0.25, 0.3) is 5.91 Å². The van der Waals surface area contributed by atoms with Gasteiger partial charge >= 0.3 is 0 Å². The summed E-state index contributed by atoms with van der Waals surface area (Å²) < 4.78 is 4.94. The molecular formula is C16H18N2O3. The van der Waals surface area contributed by atoms with Crippen molar-refractivity contribution in [3.8, 4) is 0 Å². The number of carbonyl (C=O) groups is 2. The summed E-state index contributed by atoms with van der Waals surface area (Å²) in [6, 6.07) is 10.8. The first-order valence-corrected chi connectivity index (χ1v) is 6.78. The number of benzene rings is 1. The molecule has 0 spiro atoms. The van der Waals surface area contributed by atoms with Crippen molar-refractivity contribution in [3.63, 3.8) is 0 Å². The van der Waals surface area contributed by atoms with Crippen LogP contribution in [0.4, 0.5) is 5.69 Å². The summed E-state index contributed by atoms with van der Waals surface area (Å²) in [5, 5.41) is 5.25. The number of anilines is 1. The van der Waals surface area contributed by atoms with Gasteiger partial charge < -0.3 is 15.1 Å². The lowest BCUT2D eigenvalue weighted by Crippen LogP contribution is -2.32. The summed E-state index contributed by atoms with van der Waals surface area (Å²) in [6.07, 6.45) is 1.41. The molecule has 5 heteroatoms. The van der Waals surface area contributed by atoms with Crippen LogP contribution in [0.2, 0.25) is 0 Å². The van der Waals surface area contributed by atoms with Crippen molar-refractivity contribution >= 4 is 17.5 Å². The minimum absolute atomic E-state index is 0.106. The van der Waals surface area contributed by atoms with E-state index in [2.05, 4.69) is 24.5 Å². The maximum absolute atomic E-state index is 11.8. The van der Waals surface area contributed by atoms with E-state index in [1.54, 1.807) is 12.1 Å². The third kappa shape index (κ3) is 4.21. The zero-order valence-electron chi connectivity index (χ0n) is 12.1. The fourth-order valence-corrected chi connectivity index (χ4v) is 1.84. The Kier molecular flexibility index (Phi) is 4.77. The average molecular weight is 286 g/mol. The summed E-state index contributed by atoms with van der Waals surface area (Å²) in [5.74, 6) is -0.119. The predicted molar refractivity (Wildman–Crippen MR) is 80.2 cm³/mol. The van der Waals surface area contributed by atoms with Gasteiger partial charge in [-0.2, -0.15) is 0 Å². The van der Waals surface area contributed by atoms with Gasteiger partial charge in [0.05, 0.1) is 12.8 Å². The molecule has 0 aliphatic heterocycles. The highest BCUT2D eigenvalue weighted by molar-refractivity contribution is 5.98. The molecule has 2 rings (SSSR count). The first kappa shape index (κ1) is 14.8. The Morgan fingerprint density at radius 1 is 1.19 bits per heavy atom. The Hall–Kier alpha value is -2.56. The number of rotatable bonds is 5. The SMILES string of the molecule is CC(C)c1cccc(NC(=O)CNC(=O)c2ccco2)c1. The second-order valence-corrected chi connectivity index (χ2v) is 4.99. The van der Waals surface area contributed by atoms with Gasteiger partial charge in [-0.3, -0.25) is 9.59 Å². The Labute approximate surface area is 123 Å². The summed E-state index contributed by atoms with van der Waals surface area (Å²) in [7, 11) is 0. The molecule has 21 heavy (non-hydrogen) atoms. The van der Waals surface area contributed by atoms with Gasteiger partial charge in [0, 0.05) is 5.69 Å². The van der Waals surface area contributed by atoms with Crippen LogP contribution in [-0.2, 0) is 4.79 Å². The van der Waals surface area contributed by atoms with Gasteiger partial charge in [0.2, 0.25) is 5.91 Å². The number of carbonyl (C=O) groups excluding carboxylic acids is 2. The van der Waals surface area contributed by atoms with E-state index in [1.807, 2.05) is 24.3 Å². The molecule has 0 bridgehead atoms. The Bertz CT molecular complexity index is 618. The van der Waals surface area contributed by atoms with E-state index in [0.29, 0.717) is 5.92 Å². The van der Waals surface area contributed by atoms with Crippen LogP contribution < -0.4 is 10.6 Å². The van der Waals surface area contributed by atoms with Crippen LogP contribution >= 0.6 is 0 Å². The summed E-state index contributed by atoms with van der Waals surface area (Å²) in [4.78, 5) is 23.4. The number of hydrogen-bond donors (Lipinski definition) is 2. The molecule has 0 radical (unpaired) electrons. The summed E-state index contributed by atoms with van der Waals surface area (Å²) in [5.41, 5.74) is 1.87. The maximum Gasteiger partial charge on any atom is 0.287 e. The zero-order valence-corrected chi connectivity index (χ0v) is 12.1. The molecule has 0 saturated carbocycles. The van der Waals surface area contributed by atoms with Crippen molar-refractivity contribution in [1.82, 2.24) is 5.32 Å². The fraction of sp³-hybridized carbons (Fsp3) is 0.250. The molecule has 2 amide bonds. The molecule has 0 fully saturated rings. The van der Waals surface area contributed by atoms with Crippen molar-refractivity contribution in [2.24, 2.45) is 0 Å². The van der Waals surface area contributed by atoms with Gasteiger partial charge in [-0.1, -0.05) is 26.0 Å². The molecule has 5 nitrogen and oxygen atoms in total. The Morgan fingerprint density at radius 3 is 2.67 bits per heavy atom. The van der Waals surface area contributed by atoms with Crippen LogP contribution in [0.25, 0.3) is 0 Å². The van der Waals surface area contributed by atoms with Crippen molar-refractivity contribution in [2.75, 3.05) is 11.9 Å². The van der Waals surface area contributed by atoms with E-state index in [-0.39, 0.29) is 18.2 Å². The van der Waals surface area contributed by atoms with E-state index in [0.717, 1.165) is 11.3 Å². The van der Waals surface area contributed by atoms with Gasteiger partial charge in [0.15, 0.2) is 5.76 Å². The van der Waals surface area contributed by atoms with Crippen molar-refractivity contribution in [1.29, 1.82) is 0 Å². The first-order valence-electron chi connectivity index (χ1n) is 6.78. The second-order valence-electron chi connectivity index (χ2n) is 4.99. The van der Waals surface area contributed by atoms with Gasteiger partial charge in [-0.15, -0.1) is 0 Å². The molecule has 1 heterocycles. The number of furan rings is 1. The topological polar surface area (TPSA) is 71.3 Å². The zero-order chi connectivity index (χ0) is 15.2. The maximum atomic E-state index is 11.8. The van der Waals surface area contributed by atoms with Crippen LogP contribution in [0.3, 0.4) is 0 Å². The van der Waals surface area contributed by atoms with Crippen molar-refractivity contribution in [2.45, 2.75) is 19.8 Å². The second kappa shape index (κ2) is 6.74. The molecule has 1 aromatic carbocycles. The van der Waals surface area contributed by atoms with Crippen LogP contribution in [0.5, 0.6) is 0 Å². The number of nitrogens with one attached hydrogen (secondary N) is 2. The molecular weight excluding hydrogens is 268 g/mol. The Morgan fingerprint density at radius 2 is 2.00 bits per heavy atom. The Balaban J connectivity index is 1.87. The van der Waals surface area contributed by atoms with Crippen LogP contribution in [0, 0.1) is 0 Å². The highest BCUT2D eigenvalue weighted by atomic mass is 16.3. The van der Waals surface area contributed by atoms with E-state index >= 15 is 0 Å². The fourth-order valence-electron chi connectivity index (χ4n) is 1.84. The minimum Gasteiger partial charge on any atom is -0.459 e. The molecule has 0 aliphatic carbocycles. The smallest absolute Gasteiger partial charge is 0.287 e. The molecule has 0 aliphatic rings. The average Bonchev–Trinajstić information content (AvgIpc) is 2.99. The highest BCUT2D eigenvalue weighted by Gasteiger charge is 2.10. The molecule has 110 valence electrons. The number of hydrogen-bond acceptors (Lipinski definition) is 3. The lowest BCUT2D eigenvalue weighted by molar-refractivity contribution is -0.115. The molecule has 1 aromatic heterocycles. The largest absolute Gasteiger partial charge is 0.459 e. The first-order chi connectivity index (χ1) is 10.1. The van der Waals surface area contributed by atoms with E-state index < -0.39 is 5.91 Å². The minimum atomic E-state index is -0.411. The summed E-state index contributed by atoms with van der Waals surface area (Å²) >= 11 is 0. The van der Waals surface area contributed by atoms with Crippen LogP contribution in [0.1, 0.15) is 35.9 Å². The molecule has 0 atom stereocenters. The standard InChI is InChI=1S/C16H18N2O3/c1-11(2)12-5-3-6-13(9-12)18-15(19)10-17-16(20)14-7-4-8-21-14/h3-9,11H,10H2,1-2H3,(H,17,20)(H,18,19). The molecule has 0 unspecified atom stereocenters. The normalized spacial score (nSPS) is 10.4. The quantitative estimate of drug-likeness (QED) is 0.887. The van der Waals surface area contributed by atoms with E-state index in [9.17, 15) is 9.59 Å². The van der Waals surface area contributed by atoms with Crippen molar-refractivity contribution in [3.05, 3.63) is 54.0 Å². The highest BCUT2D eigenvalue weighted by Crippen LogP contribution is 2.18. The number of amides is 2. The van der Waals surface area contributed by atoms with Gasteiger partial charge in [0.1, 0.15) is 0 Å². The molecule has 2 aromatic rings. The predicted octanol–water partition coefficient (Wildman–Crippen LogP) is 2.77. The van der Waals surface area contributed by atoms with Crippen LogP contribution in [-0.4, -0.2) is 18.4 Å². The third-order valence-corrected chi connectivity index (χ3v) is 2.99. The van der Waals surface area contributed by atoms with Crippen LogP contribution in [0.15, 0.2) is 47.1 Å². The lowest BCUT2D eigenvalue weighted by Gasteiger charge is -2.09.